The molecule has 150 valence electrons. The molecule has 2 N–H and O–H groups in total. The summed E-state index contributed by atoms with van der Waals surface area (Å²) in [4.78, 5) is 38.1. The molecule has 0 fully saturated rings. The van der Waals surface area contributed by atoms with Crippen LogP contribution in [0, 0.1) is 10.1 Å². The number of nitro benzene ring substituents is 1. The maximum Gasteiger partial charge on any atom is 0.417 e. The number of fused-ring (bicyclic) bond motifs is 1. The third-order valence-electron chi connectivity index (χ3n) is 3.79. The van der Waals surface area contributed by atoms with Crippen LogP contribution in [0.1, 0.15) is 31.3 Å². The first-order chi connectivity index (χ1) is 13.6. The van der Waals surface area contributed by atoms with Crippen molar-refractivity contribution in [2.45, 2.75) is 26.4 Å². The number of carbonyl (C=O) groups excluding carboxylic acids is 2. The molecule has 9 nitrogen and oxygen atoms in total. The average Bonchev–Trinajstić information content (AvgIpc) is 2.99. The molecule has 0 aliphatic heterocycles. The lowest BCUT2D eigenvalue weighted by atomic mass is 10.2. The van der Waals surface area contributed by atoms with Gasteiger partial charge in [0.25, 0.3) is 5.69 Å². The monoisotopic (exact) mass is 397 g/mol. The minimum Gasteiger partial charge on any atom is -0.455 e. The van der Waals surface area contributed by atoms with Crippen molar-refractivity contribution < 1.29 is 24.0 Å². The van der Waals surface area contributed by atoms with E-state index in [-0.39, 0.29) is 22.8 Å². The van der Waals surface area contributed by atoms with Crippen molar-refractivity contribution in [1.82, 2.24) is 4.98 Å². The number of aromatic nitrogens is 1. The quantitative estimate of drug-likeness (QED) is 0.375. The van der Waals surface area contributed by atoms with Gasteiger partial charge in [0.05, 0.1) is 10.6 Å². The number of anilines is 1. The maximum atomic E-state index is 12.6. The molecule has 0 saturated heterocycles. The largest absolute Gasteiger partial charge is 0.455 e. The van der Waals surface area contributed by atoms with E-state index in [4.69, 9.17) is 9.47 Å². The lowest BCUT2D eigenvalue weighted by Crippen LogP contribution is -2.25. The van der Waals surface area contributed by atoms with E-state index >= 15 is 0 Å². The van der Waals surface area contributed by atoms with Gasteiger partial charge in [0.15, 0.2) is 0 Å². The summed E-state index contributed by atoms with van der Waals surface area (Å²) in [5, 5.41) is 13.9. The number of carbonyl (C=O) groups is 2. The highest BCUT2D eigenvalue weighted by molar-refractivity contribution is 6.10. The van der Waals surface area contributed by atoms with Crippen molar-refractivity contribution in [3.05, 3.63) is 64.3 Å². The molecule has 0 atom stereocenters. The Bertz CT molecular complexity index is 1080. The summed E-state index contributed by atoms with van der Waals surface area (Å²) in [5.41, 5.74) is 0.106. The summed E-state index contributed by atoms with van der Waals surface area (Å²) in [6.45, 7) is 5.22. The van der Waals surface area contributed by atoms with Crippen molar-refractivity contribution in [3.63, 3.8) is 0 Å². The zero-order valence-electron chi connectivity index (χ0n) is 16.0. The predicted octanol–water partition coefficient (Wildman–Crippen LogP) is 4.64. The second-order valence-corrected chi connectivity index (χ2v) is 7.19. The zero-order chi connectivity index (χ0) is 21.2. The van der Waals surface area contributed by atoms with E-state index < -0.39 is 22.6 Å². The number of H-pyrrole nitrogens is 1. The van der Waals surface area contributed by atoms with Crippen molar-refractivity contribution in [3.8, 4) is 5.75 Å². The van der Waals surface area contributed by atoms with Gasteiger partial charge in [0, 0.05) is 23.0 Å². The Morgan fingerprint density at radius 2 is 1.72 bits per heavy atom. The lowest BCUT2D eigenvalue weighted by Gasteiger charge is -2.19. The number of hydrogen-bond acceptors (Lipinski definition) is 6. The summed E-state index contributed by atoms with van der Waals surface area (Å²) in [5.74, 6) is -0.508. The summed E-state index contributed by atoms with van der Waals surface area (Å²) >= 11 is 0. The third kappa shape index (κ3) is 4.70. The number of rotatable bonds is 4. The molecule has 29 heavy (non-hydrogen) atoms. The fourth-order valence-electron chi connectivity index (χ4n) is 2.62. The van der Waals surface area contributed by atoms with E-state index in [0.29, 0.717) is 10.9 Å². The van der Waals surface area contributed by atoms with E-state index in [0.717, 1.165) is 0 Å². The SMILES string of the molecule is CC(C)(C)OC(=O)c1[nH]c2ccccc2c1NC(=O)Oc1ccc([N+](=O)[O-])cc1. The molecule has 0 aliphatic rings. The molecule has 0 unspecified atom stereocenters. The molecular weight excluding hydrogens is 378 g/mol. The number of nitrogens with zero attached hydrogens (tertiary/aromatic N) is 1. The van der Waals surface area contributed by atoms with Crippen LogP contribution in [0.4, 0.5) is 16.2 Å². The maximum absolute atomic E-state index is 12.6. The number of amides is 1. The number of para-hydroxylation sites is 1. The Hall–Kier alpha value is -3.88. The fraction of sp³-hybridized carbons (Fsp3) is 0.200. The standard InChI is InChI=1S/C20H19N3O6/c1-20(2,3)29-18(24)17-16(14-6-4-5-7-15(14)21-17)22-19(25)28-13-10-8-12(9-11-13)23(26)27/h4-11,21H,1-3H3,(H,22,25). The Morgan fingerprint density at radius 3 is 2.34 bits per heavy atom. The topological polar surface area (TPSA) is 124 Å². The summed E-state index contributed by atoms with van der Waals surface area (Å²) in [6.07, 6.45) is -0.853. The summed E-state index contributed by atoms with van der Waals surface area (Å²) in [7, 11) is 0. The average molecular weight is 397 g/mol. The molecule has 3 rings (SSSR count). The zero-order valence-corrected chi connectivity index (χ0v) is 16.0. The first-order valence-electron chi connectivity index (χ1n) is 8.71. The number of hydrogen-bond donors (Lipinski definition) is 2. The second kappa shape index (κ2) is 7.63. The van der Waals surface area contributed by atoms with Gasteiger partial charge >= 0.3 is 12.1 Å². The molecule has 0 bridgehead atoms. The first kappa shape index (κ1) is 19.9. The van der Waals surface area contributed by atoms with Gasteiger partial charge < -0.3 is 14.5 Å². The summed E-state index contributed by atoms with van der Waals surface area (Å²) < 4.78 is 10.6. The lowest BCUT2D eigenvalue weighted by molar-refractivity contribution is -0.384. The Kier molecular flexibility index (Phi) is 5.22. The molecule has 0 aliphatic carbocycles. The van der Waals surface area contributed by atoms with E-state index in [1.54, 1.807) is 45.0 Å². The molecule has 3 aromatic rings. The van der Waals surface area contributed by atoms with Crippen LogP contribution in [0.2, 0.25) is 0 Å². The number of nitrogens with one attached hydrogen (secondary N) is 2. The van der Waals surface area contributed by atoms with Crippen LogP contribution in [-0.4, -0.2) is 27.6 Å². The molecule has 0 saturated carbocycles. The van der Waals surface area contributed by atoms with Crippen LogP contribution in [0.25, 0.3) is 10.9 Å². The minimum atomic E-state index is -0.853. The number of aromatic amines is 1. The first-order valence-corrected chi connectivity index (χ1v) is 8.71. The molecule has 1 aromatic heterocycles. The van der Waals surface area contributed by atoms with Gasteiger partial charge in [-0.3, -0.25) is 15.4 Å². The van der Waals surface area contributed by atoms with Crippen LogP contribution >= 0.6 is 0 Å². The molecule has 0 spiro atoms. The van der Waals surface area contributed by atoms with E-state index in [1.807, 2.05) is 0 Å². The van der Waals surface area contributed by atoms with Crippen LogP contribution in [0.15, 0.2) is 48.5 Å². The molecule has 1 heterocycles. The van der Waals surface area contributed by atoms with Gasteiger partial charge in [-0.15, -0.1) is 0 Å². The fourth-order valence-corrected chi connectivity index (χ4v) is 2.62. The molecule has 2 aromatic carbocycles. The van der Waals surface area contributed by atoms with Crippen LogP contribution in [0.3, 0.4) is 0 Å². The Balaban J connectivity index is 1.86. The normalized spacial score (nSPS) is 11.1. The second-order valence-electron chi connectivity index (χ2n) is 7.19. The molecule has 0 radical (unpaired) electrons. The van der Waals surface area contributed by atoms with Gasteiger partial charge in [-0.2, -0.15) is 0 Å². The Morgan fingerprint density at radius 1 is 1.07 bits per heavy atom. The molecule has 1 amide bonds. The molecular formula is C20H19N3O6. The van der Waals surface area contributed by atoms with Gasteiger partial charge in [-0.25, -0.2) is 9.59 Å². The van der Waals surface area contributed by atoms with Gasteiger partial charge in [0.2, 0.25) is 0 Å². The van der Waals surface area contributed by atoms with Crippen molar-refractivity contribution in [1.29, 1.82) is 0 Å². The summed E-state index contributed by atoms with van der Waals surface area (Å²) in [6, 6.07) is 12.1. The van der Waals surface area contributed by atoms with Crippen LogP contribution in [-0.2, 0) is 4.74 Å². The number of nitro groups is 1. The number of non-ortho nitro benzene ring substituents is 1. The number of esters is 1. The molecule has 9 heteroatoms. The smallest absolute Gasteiger partial charge is 0.417 e. The van der Waals surface area contributed by atoms with Gasteiger partial charge in [-0.05, 0) is 39.0 Å². The van der Waals surface area contributed by atoms with E-state index in [2.05, 4.69) is 10.3 Å². The van der Waals surface area contributed by atoms with Crippen LogP contribution < -0.4 is 10.1 Å². The predicted molar refractivity (Wildman–Crippen MR) is 106 cm³/mol. The van der Waals surface area contributed by atoms with Gasteiger partial charge in [0.1, 0.15) is 17.0 Å². The highest BCUT2D eigenvalue weighted by atomic mass is 16.6. The van der Waals surface area contributed by atoms with Crippen LogP contribution in [0.5, 0.6) is 5.75 Å². The van der Waals surface area contributed by atoms with Crippen molar-refractivity contribution in [2.24, 2.45) is 0 Å². The number of benzene rings is 2. The highest BCUT2D eigenvalue weighted by Crippen LogP contribution is 2.29. The van der Waals surface area contributed by atoms with Gasteiger partial charge in [-0.1, -0.05) is 18.2 Å². The van der Waals surface area contributed by atoms with Crippen molar-refractivity contribution >= 4 is 34.3 Å². The number of ether oxygens (including phenoxy) is 2. The van der Waals surface area contributed by atoms with E-state index in [9.17, 15) is 19.7 Å². The Labute approximate surface area is 165 Å². The van der Waals surface area contributed by atoms with Crippen molar-refractivity contribution in [2.75, 3.05) is 5.32 Å². The third-order valence-corrected chi connectivity index (χ3v) is 3.79. The highest BCUT2D eigenvalue weighted by Gasteiger charge is 2.25. The van der Waals surface area contributed by atoms with E-state index in [1.165, 1.54) is 24.3 Å². The minimum absolute atomic E-state index is 0.0850.